The predicted molar refractivity (Wildman–Crippen MR) is 84.0 cm³/mol. The van der Waals surface area contributed by atoms with Crippen molar-refractivity contribution in [2.45, 2.75) is 39.0 Å². The van der Waals surface area contributed by atoms with Crippen molar-refractivity contribution in [1.29, 1.82) is 0 Å². The highest BCUT2D eigenvalue weighted by Crippen LogP contribution is 2.22. The van der Waals surface area contributed by atoms with Crippen LogP contribution in [0.3, 0.4) is 0 Å². The van der Waals surface area contributed by atoms with E-state index < -0.39 is 12.8 Å². The van der Waals surface area contributed by atoms with Gasteiger partial charge in [-0.15, -0.1) is 0 Å². The van der Waals surface area contributed by atoms with Crippen LogP contribution in [0.4, 0.5) is 13.2 Å². The minimum Gasteiger partial charge on any atom is -0.490 e. The van der Waals surface area contributed by atoms with Crippen molar-refractivity contribution in [3.05, 3.63) is 36.7 Å². The molecule has 0 saturated heterocycles. The molecule has 1 heterocycles. The molecule has 0 amide bonds. The number of hydrogen-bond acceptors (Lipinski definition) is 4. The lowest BCUT2D eigenvalue weighted by Crippen LogP contribution is -2.19. The summed E-state index contributed by atoms with van der Waals surface area (Å²) >= 11 is 0. The molecule has 0 aliphatic rings. The summed E-state index contributed by atoms with van der Waals surface area (Å²) in [7, 11) is 0. The summed E-state index contributed by atoms with van der Waals surface area (Å²) in [6, 6.07) is 5.93. The molecule has 0 spiro atoms. The maximum Gasteiger partial charge on any atom is 0.304 e. The molecule has 0 radical (unpaired) electrons. The fraction of sp³-hybridized carbons (Fsp3) is 0.412. The zero-order chi connectivity index (χ0) is 17.4. The van der Waals surface area contributed by atoms with Crippen LogP contribution in [0.15, 0.2) is 36.7 Å². The summed E-state index contributed by atoms with van der Waals surface area (Å²) in [5.74, 6) is 1.06. The molecule has 4 nitrogen and oxygen atoms in total. The lowest BCUT2D eigenvalue weighted by Gasteiger charge is -2.10. The zero-order valence-electron chi connectivity index (χ0n) is 13.3. The Hall–Kier alpha value is -2.31. The van der Waals surface area contributed by atoms with Crippen LogP contribution >= 0.6 is 0 Å². The van der Waals surface area contributed by atoms with E-state index in [2.05, 4.69) is 21.6 Å². The van der Waals surface area contributed by atoms with Gasteiger partial charge >= 0.3 is 6.43 Å². The van der Waals surface area contributed by atoms with Gasteiger partial charge in [0, 0.05) is 5.56 Å². The number of alkyl halides is 3. The van der Waals surface area contributed by atoms with Crippen LogP contribution in [0.5, 0.6) is 11.5 Å². The third kappa shape index (κ3) is 5.40. The van der Waals surface area contributed by atoms with E-state index in [9.17, 15) is 13.2 Å². The lowest BCUT2D eigenvalue weighted by molar-refractivity contribution is -0.0668. The quantitative estimate of drug-likeness (QED) is 0.623. The van der Waals surface area contributed by atoms with E-state index in [0.717, 1.165) is 19.3 Å². The maximum atomic E-state index is 12.8. The minimum atomic E-state index is -3.18. The summed E-state index contributed by atoms with van der Waals surface area (Å²) in [5.41, 5.74) is 0.660. The van der Waals surface area contributed by atoms with Gasteiger partial charge in [-0.2, -0.15) is 4.39 Å². The summed E-state index contributed by atoms with van der Waals surface area (Å²) in [4.78, 5) is 8.39. The molecule has 2 rings (SSSR count). The fourth-order valence-electron chi connectivity index (χ4n) is 1.95. The average molecular weight is 340 g/mol. The fourth-order valence-corrected chi connectivity index (χ4v) is 1.95. The van der Waals surface area contributed by atoms with Crippen LogP contribution in [-0.2, 0) is 0 Å². The summed E-state index contributed by atoms with van der Waals surface area (Å²) in [6.45, 7) is 2.74. The van der Waals surface area contributed by atoms with E-state index in [1.54, 1.807) is 24.5 Å². The molecule has 1 aromatic heterocycles. The molecule has 7 heteroatoms. The Bertz CT molecular complexity index is 606. The first-order valence-corrected chi connectivity index (χ1v) is 7.74. The van der Waals surface area contributed by atoms with Crippen molar-refractivity contribution in [1.82, 2.24) is 9.97 Å². The van der Waals surface area contributed by atoms with E-state index >= 15 is 0 Å². The molecule has 1 unspecified atom stereocenters. The van der Waals surface area contributed by atoms with Crippen molar-refractivity contribution < 1.29 is 22.6 Å². The SMILES string of the molecule is CCCCCOc1cnc(-c2ccc(OC(F)C(F)F)cc2)nc1. The third-order valence-electron chi connectivity index (χ3n) is 3.20. The second kappa shape index (κ2) is 9.10. The molecule has 2 aromatic rings. The van der Waals surface area contributed by atoms with Crippen molar-refractivity contribution >= 4 is 0 Å². The minimum absolute atomic E-state index is 0.0161. The monoisotopic (exact) mass is 340 g/mol. The van der Waals surface area contributed by atoms with Gasteiger partial charge in [-0.3, -0.25) is 0 Å². The molecule has 0 N–H and O–H groups in total. The largest absolute Gasteiger partial charge is 0.490 e. The highest BCUT2D eigenvalue weighted by molar-refractivity contribution is 5.56. The number of unbranched alkanes of at least 4 members (excludes halogenated alkanes) is 2. The first-order valence-electron chi connectivity index (χ1n) is 7.74. The Balaban J connectivity index is 1.94. The van der Waals surface area contributed by atoms with Gasteiger partial charge in [-0.05, 0) is 30.7 Å². The second-order valence-electron chi connectivity index (χ2n) is 5.13. The summed E-state index contributed by atoms with van der Waals surface area (Å²) < 4.78 is 47.0. The van der Waals surface area contributed by atoms with Gasteiger partial charge in [-0.25, -0.2) is 18.7 Å². The van der Waals surface area contributed by atoms with E-state index in [4.69, 9.17) is 4.74 Å². The Morgan fingerprint density at radius 2 is 1.62 bits per heavy atom. The van der Waals surface area contributed by atoms with Gasteiger partial charge in [0.25, 0.3) is 6.36 Å². The highest BCUT2D eigenvalue weighted by Gasteiger charge is 2.20. The number of halogens is 3. The van der Waals surface area contributed by atoms with E-state index in [0.29, 0.717) is 23.7 Å². The first-order chi connectivity index (χ1) is 11.6. The van der Waals surface area contributed by atoms with Crippen LogP contribution in [0.1, 0.15) is 26.2 Å². The number of benzene rings is 1. The van der Waals surface area contributed by atoms with Gasteiger partial charge in [0.1, 0.15) is 5.75 Å². The van der Waals surface area contributed by atoms with Crippen LogP contribution in [0.25, 0.3) is 11.4 Å². The predicted octanol–water partition coefficient (Wildman–Crippen LogP) is 4.65. The number of ether oxygens (including phenoxy) is 2. The molecular formula is C17H19F3N2O2. The van der Waals surface area contributed by atoms with Crippen LogP contribution in [0.2, 0.25) is 0 Å². The van der Waals surface area contributed by atoms with Crippen LogP contribution < -0.4 is 9.47 Å². The molecule has 0 saturated carbocycles. The normalized spacial score (nSPS) is 12.2. The Labute approximate surface area is 138 Å². The van der Waals surface area contributed by atoms with Crippen molar-refractivity contribution in [2.24, 2.45) is 0 Å². The number of aromatic nitrogens is 2. The van der Waals surface area contributed by atoms with Gasteiger partial charge in [0.15, 0.2) is 11.6 Å². The Morgan fingerprint density at radius 3 is 2.21 bits per heavy atom. The molecule has 0 fully saturated rings. The third-order valence-corrected chi connectivity index (χ3v) is 3.20. The van der Waals surface area contributed by atoms with E-state index in [1.807, 2.05) is 0 Å². The molecule has 130 valence electrons. The summed E-state index contributed by atoms with van der Waals surface area (Å²) in [6.07, 6.45) is 0.542. The van der Waals surface area contributed by atoms with Crippen molar-refractivity contribution in [3.63, 3.8) is 0 Å². The molecule has 0 aliphatic carbocycles. The molecular weight excluding hydrogens is 321 g/mol. The second-order valence-corrected chi connectivity index (χ2v) is 5.13. The van der Waals surface area contributed by atoms with Gasteiger partial charge in [-0.1, -0.05) is 19.8 Å². The molecule has 0 aliphatic heterocycles. The first kappa shape index (κ1) is 18.0. The lowest BCUT2D eigenvalue weighted by atomic mass is 10.2. The summed E-state index contributed by atoms with van der Waals surface area (Å²) in [5, 5.41) is 0. The highest BCUT2D eigenvalue weighted by atomic mass is 19.3. The van der Waals surface area contributed by atoms with Gasteiger partial charge in [0.2, 0.25) is 0 Å². The van der Waals surface area contributed by atoms with Gasteiger partial charge < -0.3 is 9.47 Å². The maximum absolute atomic E-state index is 12.8. The smallest absolute Gasteiger partial charge is 0.304 e. The van der Waals surface area contributed by atoms with Crippen molar-refractivity contribution in [2.75, 3.05) is 6.61 Å². The molecule has 0 bridgehead atoms. The van der Waals surface area contributed by atoms with Gasteiger partial charge in [0.05, 0.1) is 19.0 Å². The average Bonchev–Trinajstić information content (AvgIpc) is 2.60. The standard InChI is InChI=1S/C17H19F3N2O2/c1-2-3-4-9-23-14-10-21-17(22-11-14)12-5-7-13(8-6-12)24-16(20)15(18)19/h5-8,10-11,15-16H,2-4,9H2,1H3. The topological polar surface area (TPSA) is 44.2 Å². The molecule has 24 heavy (non-hydrogen) atoms. The number of nitrogens with zero attached hydrogens (tertiary/aromatic N) is 2. The zero-order valence-corrected chi connectivity index (χ0v) is 13.3. The van der Waals surface area contributed by atoms with E-state index in [1.165, 1.54) is 12.1 Å². The van der Waals surface area contributed by atoms with Crippen molar-refractivity contribution in [3.8, 4) is 22.9 Å². The van der Waals surface area contributed by atoms with E-state index in [-0.39, 0.29) is 5.75 Å². The molecule has 1 aromatic carbocycles. The molecule has 1 atom stereocenters. The Kier molecular flexibility index (Phi) is 6.84. The number of rotatable bonds is 9. The Morgan fingerprint density at radius 1 is 0.958 bits per heavy atom. The number of hydrogen-bond donors (Lipinski definition) is 0. The van der Waals surface area contributed by atoms with Crippen LogP contribution in [-0.4, -0.2) is 29.4 Å². The van der Waals surface area contributed by atoms with Crippen LogP contribution in [0, 0.1) is 0 Å².